The van der Waals surface area contributed by atoms with Gasteiger partial charge in [-0.1, -0.05) is 25.3 Å². The van der Waals surface area contributed by atoms with Gasteiger partial charge in [-0.2, -0.15) is 5.26 Å². The van der Waals surface area contributed by atoms with Crippen LogP contribution in [-0.4, -0.2) is 12.6 Å². The smallest absolute Gasteiger partial charge is 0.174 e. The molecule has 0 aromatic heterocycles. The SMILES string of the molecule is N#CCOc1cccc(NC2CCCCC2)c1. The number of hydrogen-bond acceptors (Lipinski definition) is 3. The zero-order valence-electron chi connectivity index (χ0n) is 9.98. The Morgan fingerprint density at radius 1 is 1.29 bits per heavy atom. The zero-order valence-corrected chi connectivity index (χ0v) is 9.98. The van der Waals surface area contributed by atoms with Crippen LogP contribution in [-0.2, 0) is 0 Å². The van der Waals surface area contributed by atoms with Crippen LogP contribution in [0.25, 0.3) is 0 Å². The van der Waals surface area contributed by atoms with Crippen molar-refractivity contribution in [1.29, 1.82) is 5.26 Å². The van der Waals surface area contributed by atoms with E-state index in [1.54, 1.807) is 0 Å². The highest BCUT2D eigenvalue weighted by Crippen LogP contribution is 2.23. The quantitative estimate of drug-likeness (QED) is 0.862. The van der Waals surface area contributed by atoms with E-state index in [-0.39, 0.29) is 6.61 Å². The first kappa shape index (κ1) is 11.8. The molecule has 1 aromatic rings. The largest absolute Gasteiger partial charge is 0.479 e. The number of nitrogens with one attached hydrogen (secondary N) is 1. The maximum atomic E-state index is 8.47. The van der Waals surface area contributed by atoms with Crippen LogP contribution >= 0.6 is 0 Å². The highest BCUT2D eigenvalue weighted by Gasteiger charge is 2.12. The summed E-state index contributed by atoms with van der Waals surface area (Å²) in [5.41, 5.74) is 1.09. The average Bonchev–Trinajstić information content (AvgIpc) is 2.38. The van der Waals surface area contributed by atoms with Gasteiger partial charge in [-0.3, -0.25) is 0 Å². The number of nitrogens with zero attached hydrogens (tertiary/aromatic N) is 1. The van der Waals surface area contributed by atoms with Gasteiger partial charge in [0.25, 0.3) is 0 Å². The third-order valence-electron chi connectivity index (χ3n) is 3.11. The lowest BCUT2D eigenvalue weighted by Crippen LogP contribution is -2.22. The number of nitriles is 1. The average molecular weight is 230 g/mol. The lowest BCUT2D eigenvalue weighted by molar-refractivity contribution is 0.368. The van der Waals surface area contributed by atoms with E-state index in [2.05, 4.69) is 5.32 Å². The fourth-order valence-corrected chi connectivity index (χ4v) is 2.27. The molecule has 1 fully saturated rings. The molecule has 2 rings (SSSR count). The first-order valence-electron chi connectivity index (χ1n) is 6.25. The van der Waals surface area contributed by atoms with Crippen molar-refractivity contribution >= 4 is 5.69 Å². The lowest BCUT2D eigenvalue weighted by atomic mass is 9.95. The second-order valence-corrected chi connectivity index (χ2v) is 4.45. The van der Waals surface area contributed by atoms with Gasteiger partial charge in [-0.05, 0) is 25.0 Å². The molecule has 1 N–H and O–H groups in total. The van der Waals surface area contributed by atoms with Crippen LogP contribution in [0.5, 0.6) is 5.75 Å². The summed E-state index contributed by atoms with van der Waals surface area (Å²) >= 11 is 0. The second kappa shape index (κ2) is 6.15. The van der Waals surface area contributed by atoms with Crippen LogP contribution in [0.3, 0.4) is 0 Å². The van der Waals surface area contributed by atoms with Crippen LogP contribution in [0.2, 0.25) is 0 Å². The Kier molecular flexibility index (Phi) is 4.26. The molecule has 1 aliphatic rings. The van der Waals surface area contributed by atoms with Crippen LogP contribution in [0, 0.1) is 11.3 Å². The standard InChI is InChI=1S/C14H18N2O/c15-9-10-17-14-8-4-7-13(11-14)16-12-5-2-1-3-6-12/h4,7-8,11-12,16H,1-3,5-6,10H2. The molecule has 3 nitrogen and oxygen atoms in total. The molecule has 1 aromatic carbocycles. The van der Waals surface area contributed by atoms with Crippen molar-refractivity contribution in [3.8, 4) is 11.8 Å². The van der Waals surface area contributed by atoms with E-state index in [1.165, 1.54) is 32.1 Å². The normalized spacial score (nSPS) is 16.2. The van der Waals surface area contributed by atoms with E-state index < -0.39 is 0 Å². The minimum absolute atomic E-state index is 0.104. The van der Waals surface area contributed by atoms with Crippen molar-refractivity contribution < 1.29 is 4.74 Å². The van der Waals surface area contributed by atoms with Gasteiger partial charge in [0.1, 0.15) is 11.8 Å². The maximum absolute atomic E-state index is 8.47. The fraction of sp³-hybridized carbons (Fsp3) is 0.500. The summed E-state index contributed by atoms with van der Waals surface area (Å²) in [5.74, 6) is 0.757. The van der Waals surface area contributed by atoms with Gasteiger partial charge in [0, 0.05) is 17.8 Å². The number of ether oxygens (including phenoxy) is 1. The molecule has 0 bridgehead atoms. The summed E-state index contributed by atoms with van der Waals surface area (Å²) in [7, 11) is 0. The summed E-state index contributed by atoms with van der Waals surface area (Å²) in [6, 6.07) is 10.4. The topological polar surface area (TPSA) is 45.0 Å². The molecule has 1 aliphatic carbocycles. The Bertz CT molecular complexity index is 391. The first-order valence-corrected chi connectivity index (χ1v) is 6.25. The summed E-state index contributed by atoms with van der Waals surface area (Å²) in [6.45, 7) is 0.104. The Balaban J connectivity index is 1.93. The molecule has 1 saturated carbocycles. The van der Waals surface area contributed by atoms with Crippen molar-refractivity contribution in [1.82, 2.24) is 0 Å². The predicted octanol–water partition coefficient (Wildman–Crippen LogP) is 3.33. The Morgan fingerprint density at radius 3 is 2.88 bits per heavy atom. The molecule has 0 saturated heterocycles. The summed E-state index contributed by atoms with van der Waals surface area (Å²) < 4.78 is 5.28. The predicted molar refractivity (Wildman–Crippen MR) is 68.0 cm³/mol. The molecule has 0 spiro atoms. The molecule has 0 radical (unpaired) electrons. The van der Waals surface area contributed by atoms with Gasteiger partial charge in [-0.15, -0.1) is 0 Å². The van der Waals surface area contributed by atoms with Crippen LogP contribution in [0.15, 0.2) is 24.3 Å². The van der Waals surface area contributed by atoms with Crippen LogP contribution < -0.4 is 10.1 Å². The van der Waals surface area contributed by atoms with Gasteiger partial charge in [0.15, 0.2) is 6.61 Å². The van der Waals surface area contributed by atoms with Crippen molar-refractivity contribution in [3.63, 3.8) is 0 Å². The minimum atomic E-state index is 0.104. The minimum Gasteiger partial charge on any atom is -0.479 e. The van der Waals surface area contributed by atoms with E-state index in [9.17, 15) is 0 Å². The van der Waals surface area contributed by atoms with E-state index >= 15 is 0 Å². The van der Waals surface area contributed by atoms with Gasteiger partial charge in [-0.25, -0.2) is 0 Å². The molecule has 0 atom stereocenters. The van der Waals surface area contributed by atoms with E-state index in [0.29, 0.717) is 6.04 Å². The van der Waals surface area contributed by atoms with Gasteiger partial charge in [0.2, 0.25) is 0 Å². The Hall–Kier alpha value is -1.69. The fourth-order valence-electron chi connectivity index (χ4n) is 2.27. The zero-order chi connectivity index (χ0) is 11.9. The third kappa shape index (κ3) is 3.67. The molecule has 0 unspecified atom stereocenters. The molecule has 0 amide bonds. The molecule has 3 heteroatoms. The van der Waals surface area contributed by atoms with E-state index in [1.807, 2.05) is 30.3 Å². The monoisotopic (exact) mass is 230 g/mol. The van der Waals surface area contributed by atoms with Crippen molar-refractivity contribution in [2.45, 2.75) is 38.1 Å². The first-order chi connectivity index (χ1) is 8.38. The number of anilines is 1. The summed E-state index contributed by atoms with van der Waals surface area (Å²) in [5, 5.41) is 12.0. The lowest BCUT2D eigenvalue weighted by Gasteiger charge is -2.24. The highest BCUT2D eigenvalue weighted by molar-refractivity contribution is 5.48. The Morgan fingerprint density at radius 2 is 2.12 bits per heavy atom. The number of hydrogen-bond donors (Lipinski definition) is 1. The molecular formula is C14H18N2O. The summed E-state index contributed by atoms with van der Waals surface area (Å²) in [4.78, 5) is 0. The van der Waals surface area contributed by atoms with Gasteiger partial charge < -0.3 is 10.1 Å². The van der Waals surface area contributed by atoms with Gasteiger partial charge >= 0.3 is 0 Å². The number of benzene rings is 1. The molecule has 90 valence electrons. The highest BCUT2D eigenvalue weighted by atomic mass is 16.5. The van der Waals surface area contributed by atoms with Crippen LogP contribution in [0.1, 0.15) is 32.1 Å². The number of rotatable bonds is 4. The maximum Gasteiger partial charge on any atom is 0.174 e. The van der Waals surface area contributed by atoms with E-state index in [0.717, 1.165) is 11.4 Å². The van der Waals surface area contributed by atoms with Crippen molar-refractivity contribution in [3.05, 3.63) is 24.3 Å². The van der Waals surface area contributed by atoms with Crippen molar-refractivity contribution in [2.24, 2.45) is 0 Å². The second-order valence-electron chi connectivity index (χ2n) is 4.45. The molecule has 0 heterocycles. The molecule has 0 aliphatic heterocycles. The third-order valence-corrected chi connectivity index (χ3v) is 3.11. The van der Waals surface area contributed by atoms with Crippen molar-refractivity contribution in [2.75, 3.05) is 11.9 Å². The van der Waals surface area contributed by atoms with Gasteiger partial charge in [0.05, 0.1) is 0 Å². The molecular weight excluding hydrogens is 212 g/mol. The van der Waals surface area contributed by atoms with E-state index in [4.69, 9.17) is 10.00 Å². The Labute approximate surface area is 102 Å². The van der Waals surface area contributed by atoms with Crippen LogP contribution in [0.4, 0.5) is 5.69 Å². The summed E-state index contributed by atoms with van der Waals surface area (Å²) in [6.07, 6.45) is 6.51. The molecule has 17 heavy (non-hydrogen) atoms.